The number of aryl methyl sites for hydroxylation is 1. The molecule has 0 bridgehead atoms. The van der Waals surface area contributed by atoms with Crippen molar-refractivity contribution in [3.8, 4) is 0 Å². The standard InChI is InChI=1S/C18H34N6O3.HI/c1-7-19-16(21-11-12-22-17(25)26-18(4,5)6)20-10-8-9-14-23-15(13(2)3)24-27-14;/h13H,7-12H2,1-6H3,(H,22,25)(H2,19,20,21);1H. The smallest absolute Gasteiger partial charge is 0.407 e. The Hall–Kier alpha value is -1.59. The van der Waals surface area contributed by atoms with Gasteiger partial charge in [0, 0.05) is 38.5 Å². The van der Waals surface area contributed by atoms with Crippen molar-refractivity contribution in [2.75, 3.05) is 26.2 Å². The zero-order chi connectivity index (χ0) is 20.3. The lowest BCUT2D eigenvalue weighted by atomic mass is 10.2. The number of alkyl carbamates (subject to hydrolysis) is 1. The molecule has 0 fully saturated rings. The van der Waals surface area contributed by atoms with Crippen LogP contribution in [0.15, 0.2) is 9.52 Å². The van der Waals surface area contributed by atoms with Gasteiger partial charge in [0.2, 0.25) is 5.89 Å². The molecule has 1 aromatic rings. The van der Waals surface area contributed by atoms with Crippen LogP contribution in [-0.4, -0.2) is 54.0 Å². The quantitative estimate of drug-likeness (QED) is 0.203. The van der Waals surface area contributed by atoms with Crippen LogP contribution in [-0.2, 0) is 11.2 Å². The molecule has 1 heterocycles. The van der Waals surface area contributed by atoms with Gasteiger partial charge in [-0.2, -0.15) is 4.98 Å². The normalized spacial score (nSPS) is 11.8. The zero-order valence-corrected chi connectivity index (χ0v) is 20.1. The van der Waals surface area contributed by atoms with E-state index in [1.807, 2.05) is 41.5 Å². The lowest BCUT2D eigenvalue weighted by molar-refractivity contribution is 0.0529. The first-order chi connectivity index (χ1) is 12.7. The van der Waals surface area contributed by atoms with E-state index < -0.39 is 11.7 Å². The Morgan fingerprint density at radius 3 is 2.46 bits per heavy atom. The second-order valence-corrected chi connectivity index (χ2v) is 7.42. The molecule has 1 amide bonds. The van der Waals surface area contributed by atoms with Crippen molar-refractivity contribution in [3.63, 3.8) is 0 Å². The number of rotatable bonds is 9. The number of guanidine groups is 1. The molecular formula is C18H35IN6O3. The Balaban J connectivity index is 0.00000729. The van der Waals surface area contributed by atoms with Crippen molar-refractivity contribution in [1.82, 2.24) is 26.1 Å². The van der Waals surface area contributed by atoms with Gasteiger partial charge in [-0.15, -0.1) is 24.0 Å². The number of hydrogen-bond donors (Lipinski definition) is 3. The molecule has 0 spiro atoms. The maximum Gasteiger partial charge on any atom is 0.407 e. The van der Waals surface area contributed by atoms with E-state index in [9.17, 15) is 4.79 Å². The fourth-order valence-corrected chi connectivity index (χ4v) is 2.03. The van der Waals surface area contributed by atoms with E-state index in [0.29, 0.717) is 37.9 Å². The molecule has 0 saturated carbocycles. The van der Waals surface area contributed by atoms with E-state index in [-0.39, 0.29) is 29.9 Å². The lowest BCUT2D eigenvalue weighted by Crippen LogP contribution is -2.42. The number of ether oxygens (including phenoxy) is 1. The van der Waals surface area contributed by atoms with Gasteiger partial charge in [-0.25, -0.2) is 4.79 Å². The second kappa shape index (κ2) is 13.6. The van der Waals surface area contributed by atoms with Gasteiger partial charge in [-0.05, 0) is 34.1 Å². The summed E-state index contributed by atoms with van der Waals surface area (Å²) in [5, 5.41) is 13.0. The van der Waals surface area contributed by atoms with Crippen molar-refractivity contribution in [3.05, 3.63) is 11.7 Å². The average Bonchev–Trinajstić information content (AvgIpc) is 3.03. The molecule has 0 atom stereocenters. The Kier molecular flexibility index (Phi) is 12.8. The van der Waals surface area contributed by atoms with E-state index >= 15 is 0 Å². The molecular weight excluding hydrogens is 475 g/mol. The molecule has 1 aromatic heterocycles. The summed E-state index contributed by atoms with van der Waals surface area (Å²) in [7, 11) is 0. The summed E-state index contributed by atoms with van der Waals surface area (Å²) in [5.74, 6) is 2.35. The van der Waals surface area contributed by atoms with Crippen LogP contribution >= 0.6 is 24.0 Å². The molecule has 0 aliphatic carbocycles. The fraction of sp³-hybridized carbons (Fsp3) is 0.778. The summed E-state index contributed by atoms with van der Waals surface area (Å²) >= 11 is 0. The van der Waals surface area contributed by atoms with Gasteiger partial charge in [0.1, 0.15) is 5.60 Å². The SMILES string of the molecule is CCNC(=NCCCc1nc(C(C)C)no1)NCCNC(=O)OC(C)(C)C.I. The van der Waals surface area contributed by atoms with Crippen molar-refractivity contribution >= 4 is 36.0 Å². The number of nitrogens with one attached hydrogen (secondary N) is 3. The van der Waals surface area contributed by atoms with Gasteiger partial charge in [0.25, 0.3) is 0 Å². The number of hydrogen-bond acceptors (Lipinski definition) is 6. The first-order valence-corrected chi connectivity index (χ1v) is 9.52. The topological polar surface area (TPSA) is 114 Å². The molecule has 9 nitrogen and oxygen atoms in total. The van der Waals surface area contributed by atoms with Gasteiger partial charge >= 0.3 is 6.09 Å². The van der Waals surface area contributed by atoms with Crippen LogP contribution in [0.5, 0.6) is 0 Å². The van der Waals surface area contributed by atoms with Crippen LogP contribution < -0.4 is 16.0 Å². The second-order valence-electron chi connectivity index (χ2n) is 7.42. The molecule has 28 heavy (non-hydrogen) atoms. The van der Waals surface area contributed by atoms with E-state index in [2.05, 4.69) is 31.1 Å². The Morgan fingerprint density at radius 1 is 1.21 bits per heavy atom. The van der Waals surface area contributed by atoms with E-state index in [1.54, 1.807) is 0 Å². The molecule has 0 radical (unpaired) electrons. The Bertz CT molecular complexity index is 598. The van der Waals surface area contributed by atoms with Crippen LogP contribution in [0.25, 0.3) is 0 Å². The summed E-state index contributed by atoms with van der Waals surface area (Å²) in [5.41, 5.74) is -0.498. The largest absolute Gasteiger partial charge is 0.444 e. The van der Waals surface area contributed by atoms with Crippen LogP contribution in [0.2, 0.25) is 0 Å². The molecule has 0 aliphatic rings. The lowest BCUT2D eigenvalue weighted by Gasteiger charge is -2.19. The summed E-state index contributed by atoms with van der Waals surface area (Å²) in [4.78, 5) is 20.5. The van der Waals surface area contributed by atoms with E-state index in [4.69, 9.17) is 9.26 Å². The number of carbonyl (C=O) groups excluding carboxylic acids is 1. The highest BCUT2D eigenvalue weighted by molar-refractivity contribution is 14.0. The van der Waals surface area contributed by atoms with Crippen LogP contribution in [0.3, 0.4) is 0 Å². The Labute approximate surface area is 184 Å². The molecule has 162 valence electrons. The van der Waals surface area contributed by atoms with E-state index in [1.165, 1.54) is 0 Å². The minimum atomic E-state index is -0.498. The van der Waals surface area contributed by atoms with Crippen LogP contribution in [0.1, 0.15) is 65.6 Å². The molecule has 0 aliphatic heterocycles. The highest BCUT2D eigenvalue weighted by Gasteiger charge is 2.15. The molecule has 10 heteroatoms. The van der Waals surface area contributed by atoms with Gasteiger partial charge in [0.05, 0.1) is 0 Å². The first-order valence-electron chi connectivity index (χ1n) is 9.52. The maximum atomic E-state index is 11.6. The third-order valence-corrected chi connectivity index (χ3v) is 3.25. The van der Waals surface area contributed by atoms with Crippen LogP contribution in [0, 0.1) is 0 Å². The third kappa shape index (κ3) is 12.0. The van der Waals surface area contributed by atoms with Crippen molar-refractivity contribution < 1.29 is 14.1 Å². The maximum absolute atomic E-state index is 11.6. The molecule has 0 aromatic carbocycles. The molecule has 0 saturated heterocycles. The predicted molar refractivity (Wildman–Crippen MR) is 120 cm³/mol. The van der Waals surface area contributed by atoms with E-state index in [0.717, 1.165) is 18.8 Å². The van der Waals surface area contributed by atoms with Gasteiger partial charge in [-0.3, -0.25) is 4.99 Å². The number of aliphatic imine (C=N–C) groups is 1. The predicted octanol–water partition coefficient (Wildman–Crippen LogP) is 2.82. The van der Waals surface area contributed by atoms with Crippen molar-refractivity contribution in [2.45, 2.75) is 65.9 Å². The molecule has 0 unspecified atom stereocenters. The summed E-state index contributed by atoms with van der Waals surface area (Å²) in [6.45, 7) is 13.9. The zero-order valence-electron chi connectivity index (χ0n) is 17.8. The minimum Gasteiger partial charge on any atom is -0.444 e. The summed E-state index contributed by atoms with van der Waals surface area (Å²) in [6, 6.07) is 0. The first kappa shape index (κ1) is 26.4. The van der Waals surface area contributed by atoms with Crippen molar-refractivity contribution in [2.24, 2.45) is 4.99 Å². The number of amides is 1. The number of halogens is 1. The van der Waals surface area contributed by atoms with Gasteiger partial charge in [0.15, 0.2) is 11.8 Å². The van der Waals surface area contributed by atoms with Crippen molar-refractivity contribution in [1.29, 1.82) is 0 Å². The number of aromatic nitrogens is 2. The van der Waals surface area contributed by atoms with Gasteiger partial charge < -0.3 is 25.2 Å². The highest BCUT2D eigenvalue weighted by atomic mass is 127. The summed E-state index contributed by atoms with van der Waals surface area (Å²) in [6.07, 6.45) is 1.08. The monoisotopic (exact) mass is 510 g/mol. The minimum absolute atomic E-state index is 0. The summed E-state index contributed by atoms with van der Waals surface area (Å²) < 4.78 is 10.4. The Morgan fingerprint density at radius 2 is 1.89 bits per heavy atom. The average molecular weight is 510 g/mol. The fourth-order valence-electron chi connectivity index (χ4n) is 2.03. The number of nitrogens with zero attached hydrogens (tertiary/aromatic N) is 3. The molecule has 3 N–H and O–H groups in total. The third-order valence-electron chi connectivity index (χ3n) is 3.25. The van der Waals surface area contributed by atoms with Gasteiger partial charge in [-0.1, -0.05) is 19.0 Å². The highest BCUT2D eigenvalue weighted by Crippen LogP contribution is 2.10. The number of carbonyl (C=O) groups is 1. The molecule has 1 rings (SSSR count). The van der Waals surface area contributed by atoms with Crippen LogP contribution in [0.4, 0.5) is 4.79 Å².